The highest BCUT2D eigenvalue weighted by atomic mass is 79.9. The summed E-state index contributed by atoms with van der Waals surface area (Å²) in [7, 11) is 0. The molecular weight excluding hydrogens is 361 g/mol. The van der Waals surface area contributed by atoms with Crippen molar-refractivity contribution >= 4 is 39.1 Å². The fraction of sp³-hybridized carbons (Fsp3) is 0.167. The van der Waals surface area contributed by atoms with Gasteiger partial charge in [0.2, 0.25) is 0 Å². The monoisotopic (exact) mass is 366 g/mol. The van der Waals surface area contributed by atoms with Crippen LogP contribution in [0.3, 0.4) is 0 Å². The van der Waals surface area contributed by atoms with Crippen molar-refractivity contribution in [3.05, 3.63) is 44.1 Å². The molecule has 1 aromatic carbocycles. The van der Waals surface area contributed by atoms with E-state index in [0.717, 1.165) is 6.07 Å². The predicted molar refractivity (Wildman–Crippen MR) is 74.5 cm³/mol. The molecule has 0 aliphatic rings. The second-order valence-electron chi connectivity index (χ2n) is 3.68. The maximum atomic E-state index is 13.5. The molecule has 0 radical (unpaired) electrons. The van der Waals surface area contributed by atoms with Gasteiger partial charge in [0.15, 0.2) is 17.5 Å². The summed E-state index contributed by atoms with van der Waals surface area (Å²) in [5, 5.41) is 0.406. The summed E-state index contributed by atoms with van der Waals surface area (Å²) in [5.41, 5.74) is 0.899. The molecule has 0 unspecified atom stereocenters. The van der Waals surface area contributed by atoms with Gasteiger partial charge in [-0.1, -0.05) is 30.1 Å². The van der Waals surface area contributed by atoms with E-state index in [1.807, 2.05) is 6.92 Å². The van der Waals surface area contributed by atoms with E-state index in [2.05, 4.69) is 25.9 Å². The number of nitrogens with zero attached hydrogens (tertiary/aromatic N) is 2. The minimum absolute atomic E-state index is 0.0659. The van der Waals surface area contributed by atoms with Crippen molar-refractivity contribution in [2.24, 2.45) is 0 Å². The number of aromatic nitrogens is 2. The molecule has 1 aromatic heterocycles. The van der Waals surface area contributed by atoms with E-state index in [1.165, 1.54) is 6.07 Å². The SMILES string of the molecule is CCc1c(Cl)nc(-c2ccc(F)c(F)c2Br)nc1Cl. The van der Waals surface area contributed by atoms with Crippen LogP contribution in [0.4, 0.5) is 8.78 Å². The number of halogens is 5. The second-order valence-corrected chi connectivity index (χ2v) is 5.19. The van der Waals surface area contributed by atoms with Gasteiger partial charge < -0.3 is 0 Å². The summed E-state index contributed by atoms with van der Waals surface area (Å²) >= 11 is 15.0. The van der Waals surface area contributed by atoms with E-state index in [0.29, 0.717) is 12.0 Å². The van der Waals surface area contributed by atoms with Gasteiger partial charge in [0, 0.05) is 11.1 Å². The van der Waals surface area contributed by atoms with Crippen LogP contribution in [0.25, 0.3) is 11.4 Å². The Balaban J connectivity index is 2.64. The van der Waals surface area contributed by atoms with Gasteiger partial charge in [-0.3, -0.25) is 0 Å². The number of hydrogen-bond acceptors (Lipinski definition) is 2. The first-order valence-electron chi connectivity index (χ1n) is 5.31. The average Bonchev–Trinajstić information content (AvgIpc) is 2.35. The number of hydrogen-bond donors (Lipinski definition) is 0. The van der Waals surface area contributed by atoms with Crippen LogP contribution in [0.15, 0.2) is 16.6 Å². The molecule has 0 saturated carbocycles. The van der Waals surface area contributed by atoms with E-state index in [9.17, 15) is 8.78 Å². The van der Waals surface area contributed by atoms with Gasteiger partial charge in [0.1, 0.15) is 10.3 Å². The molecule has 2 rings (SSSR count). The second kappa shape index (κ2) is 5.69. The molecule has 0 atom stereocenters. The molecular formula is C12H7BrCl2F2N2. The Kier molecular flexibility index (Phi) is 4.38. The van der Waals surface area contributed by atoms with Crippen molar-refractivity contribution in [2.45, 2.75) is 13.3 Å². The molecule has 0 fully saturated rings. The Morgan fingerprint density at radius 3 is 2.26 bits per heavy atom. The third-order valence-electron chi connectivity index (χ3n) is 2.54. The highest BCUT2D eigenvalue weighted by molar-refractivity contribution is 9.10. The zero-order chi connectivity index (χ0) is 14.2. The summed E-state index contributed by atoms with van der Waals surface area (Å²) < 4.78 is 26.5. The zero-order valence-corrected chi connectivity index (χ0v) is 12.7. The molecule has 7 heteroatoms. The van der Waals surface area contributed by atoms with Gasteiger partial charge in [-0.05, 0) is 34.5 Å². The highest BCUT2D eigenvalue weighted by Gasteiger charge is 2.17. The average molecular weight is 368 g/mol. The standard InChI is InChI=1S/C12H7BrCl2F2N2/c1-2-5-10(14)18-12(19-11(5)15)6-3-4-7(16)9(17)8(6)13/h3-4H,2H2,1H3. The first-order chi connectivity index (χ1) is 8.95. The fourth-order valence-corrected chi connectivity index (χ4v) is 2.70. The Morgan fingerprint density at radius 2 is 1.74 bits per heavy atom. The number of rotatable bonds is 2. The van der Waals surface area contributed by atoms with E-state index in [-0.39, 0.29) is 26.2 Å². The van der Waals surface area contributed by atoms with Crippen LogP contribution in [0.2, 0.25) is 10.3 Å². The van der Waals surface area contributed by atoms with E-state index < -0.39 is 11.6 Å². The molecule has 0 spiro atoms. The molecule has 2 nitrogen and oxygen atoms in total. The largest absolute Gasteiger partial charge is 0.216 e. The first-order valence-corrected chi connectivity index (χ1v) is 6.86. The lowest BCUT2D eigenvalue weighted by Crippen LogP contribution is -1.98. The lowest BCUT2D eigenvalue weighted by atomic mass is 10.2. The molecule has 0 aliphatic heterocycles. The Morgan fingerprint density at radius 1 is 1.16 bits per heavy atom. The zero-order valence-electron chi connectivity index (χ0n) is 9.65. The van der Waals surface area contributed by atoms with Gasteiger partial charge in [-0.2, -0.15) is 0 Å². The van der Waals surface area contributed by atoms with E-state index >= 15 is 0 Å². The maximum Gasteiger partial charge on any atom is 0.173 e. The van der Waals surface area contributed by atoms with Crippen LogP contribution in [0, 0.1) is 11.6 Å². The third-order valence-corrected chi connectivity index (χ3v) is 3.94. The van der Waals surface area contributed by atoms with Gasteiger partial charge in [-0.15, -0.1) is 0 Å². The molecule has 19 heavy (non-hydrogen) atoms. The normalized spacial score (nSPS) is 10.8. The Labute approximate surface area is 126 Å². The molecule has 0 saturated heterocycles. The minimum Gasteiger partial charge on any atom is -0.216 e. The van der Waals surface area contributed by atoms with Crippen LogP contribution < -0.4 is 0 Å². The van der Waals surface area contributed by atoms with Crippen molar-refractivity contribution in [3.8, 4) is 11.4 Å². The van der Waals surface area contributed by atoms with E-state index in [1.54, 1.807) is 0 Å². The van der Waals surface area contributed by atoms with Gasteiger partial charge in [0.05, 0.1) is 4.47 Å². The van der Waals surface area contributed by atoms with Crippen LogP contribution >= 0.6 is 39.1 Å². The molecule has 0 aliphatic carbocycles. The van der Waals surface area contributed by atoms with Gasteiger partial charge in [0.25, 0.3) is 0 Å². The van der Waals surface area contributed by atoms with Crippen LogP contribution in [0.1, 0.15) is 12.5 Å². The lowest BCUT2D eigenvalue weighted by Gasteiger charge is -2.08. The Bertz CT molecular complexity index is 627. The van der Waals surface area contributed by atoms with Crippen LogP contribution in [-0.4, -0.2) is 9.97 Å². The van der Waals surface area contributed by atoms with Gasteiger partial charge in [-0.25, -0.2) is 18.7 Å². The lowest BCUT2D eigenvalue weighted by molar-refractivity contribution is 0.504. The number of benzene rings is 1. The minimum atomic E-state index is -1.01. The third kappa shape index (κ3) is 2.73. The first kappa shape index (κ1) is 14.6. The molecule has 100 valence electrons. The summed E-state index contributed by atoms with van der Waals surface area (Å²) in [5.74, 6) is -1.83. The smallest absolute Gasteiger partial charge is 0.173 e. The van der Waals surface area contributed by atoms with Crippen LogP contribution in [0.5, 0.6) is 0 Å². The molecule has 0 N–H and O–H groups in total. The fourth-order valence-electron chi connectivity index (χ4n) is 1.54. The predicted octanol–water partition coefficient (Wildman–Crippen LogP) is 5.05. The van der Waals surface area contributed by atoms with Crippen molar-refractivity contribution in [3.63, 3.8) is 0 Å². The summed E-state index contributed by atoms with van der Waals surface area (Å²) in [6, 6.07) is 2.35. The molecule has 1 heterocycles. The van der Waals surface area contributed by atoms with Gasteiger partial charge >= 0.3 is 0 Å². The molecule has 2 aromatic rings. The van der Waals surface area contributed by atoms with Crippen molar-refractivity contribution in [1.82, 2.24) is 9.97 Å². The van der Waals surface area contributed by atoms with E-state index in [4.69, 9.17) is 23.2 Å². The summed E-state index contributed by atoms with van der Waals surface area (Å²) in [6.07, 6.45) is 0.580. The van der Waals surface area contributed by atoms with Crippen LogP contribution in [-0.2, 0) is 6.42 Å². The quantitative estimate of drug-likeness (QED) is 0.548. The van der Waals surface area contributed by atoms with Crippen molar-refractivity contribution < 1.29 is 8.78 Å². The van der Waals surface area contributed by atoms with Crippen molar-refractivity contribution in [2.75, 3.05) is 0 Å². The topological polar surface area (TPSA) is 25.8 Å². The maximum absolute atomic E-state index is 13.5. The highest BCUT2D eigenvalue weighted by Crippen LogP contribution is 2.32. The summed E-state index contributed by atoms with van der Waals surface area (Å²) in [4.78, 5) is 8.11. The molecule has 0 bridgehead atoms. The summed E-state index contributed by atoms with van der Waals surface area (Å²) in [6.45, 7) is 1.86. The molecule has 0 amide bonds. The Hall–Kier alpha value is -0.780. The van der Waals surface area contributed by atoms with Crippen molar-refractivity contribution in [1.29, 1.82) is 0 Å².